The number of benzene rings is 2. The maximum Gasteiger partial charge on any atom is 0.255 e. The molecule has 1 fully saturated rings. The topological polar surface area (TPSA) is 84.9 Å². The SMILES string of the molecule is COc1ccccc1NC(=O)c1ccc(S(=O)(=O)N2C[C@@H](C)O[C@H](C)C2)cc1. The van der Waals surface area contributed by atoms with Crippen molar-refractivity contribution in [2.75, 3.05) is 25.5 Å². The van der Waals surface area contributed by atoms with Gasteiger partial charge in [0.15, 0.2) is 0 Å². The van der Waals surface area contributed by atoms with Crippen LogP contribution >= 0.6 is 0 Å². The summed E-state index contributed by atoms with van der Waals surface area (Å²) in [5.41, 5.74) is 0.900. The highest BCUT2D eigenvalue weighted by Crippen LogP contribution is 2.25. The second kappa shape index (κ2) is 8.30. The fraction of sp³-hybridized carbons (Fsp3) is 0.350. The van der Waals surface area contributed by atoms with Gasteiger partial charge in [0.05, 0.1) is 29.9 Å². The number of amides is 1. The van der Waals surface area contributed by atoms with Crippen LogP contribution in [0.25, 0.3) is 0 Å². The lowest BCUT2D eigenvalue weighted by Crippen LogP contribution is -2.48. The van der Waals surface area contributed by atoms with Gasteiger partial charge in [-0.15, -0.1) is 0 Å². The molecule has 0 saturated carbocycles. The van der Waals surface area contributed by atoms with Gasteiger partial charge in [-0.1, -0.05) is 12.1 Å². The number of carbonyl (C=O) groups excluding carboxylic acids is 1. The van der Waals surface area contributed by atoms with Gasteiger partial charge in [-0.3, -0.25) is 4.79 Å². The third-order valence-electron chi connectivity index (χ3n) is 4.50. The van der Waals surface area contributed by atoms with E-state index in [0.29, 0.717) is 30.1 Å². The van der Waals surface area contributed by atoms with Crippen LogP contribution in [0.5, 0.6) is 5.75 Å². The Balaban J connectivity index is 1.76. The van der Waals surface area contributed by atoms with Crippen LogP contribution in [0.15, 0.2) is 53.4 Å². The minimum Gasteiger partial charge on any atom is -0.495 e. The molecule has 8 heteroatoms. The highest BCUT2D eigenvalue weighted by molar-refractivity contribution is 7.89. The van der Waals surface area contributed by atoms with E-state index in [2.05, 4.69) is 5.32 Å². The molecule has 2 aromatic carbocycles. The number of nitrogens with zero attached hydrogens (tertiary/aromatic N) is 1. The predicted molar refractivity (Wildman–Crippen MR) is 106 cm³/mol. The lowest BCUT2D eigenvalue weighted by Gasteiger charge is -2.34. The first-order valence-electron chi connectivity index (χ1n) is 9.01. The summed E-state index contributed by atoms with van der Waals surface area (Å²) < 4.78 is 38.0. The number of morpholine rings is 1. The molecular formula is C20H24N2O5S. The number of methoxy groups -OCH3 is 1. The zero-order valence-electron chi connectivity index (χ0n) is 16.1. The number of rotatable bonds is 5. The summed E-state index contributed by atoms with van der Waals surface area (Å²) in [6, 6.07) is 13.0. The smallest absolute Gasteiger partial charge is 0.255 e. The van der Waals surface area contributed by atoms with Gasteiger partial charge < -0.3 is 14.8 Å². The zero-order chi connectivity index (χ0) is 20.3. The van der Waals surface area contributed by atoms with Crippen molar-refractivity contribution in [1.82, 2.24) is 4.31 Å². The van der Waals surface area contributed by atoms with Gasteiger partial charge in [-0.05, 0) is 50.2 Å². The Kier molecular flexibility index (Phi) is 6.02. The fourth-order valence-corrected chi connectivity index (χ4v) is 4.79. The molecule has 0 aliphatic carbocycles. The molecule has 1 aliphatic heterocycles. The van der Waals surface area contributed by atoms with Crippen molar-refractivity contribution in [3.8, 4) is 5.75 Å². The summed E-state index contributed by atoms with van der Waals surface area (Å²) >= 11 is 0. The molecule has 1 heterocycles. The second-order valence-electron chi connectivity index (χ2n) is 6.76. The minimum absolute atomic E-state index is 0.155. The van der Waals surface area contributed by atoms with E-state index in [9.17, 15) is 13.2 Å². The third kappa shape index (κ3) is 4.35. The maximum atomic E-state index is 12.9. The summed E-state index contributed by atoms with van der Waals surface area (Å²) in [6.45, 7) is 4.32. The molecule has 2 atom stereocenters. The molecule has 1 amide bonds. The van der Waals surface area contributed by atoms with Crippen LogP contribution in [-0.4, -0.2) is 51.0 Å². The average Bonchev–Trinajstić information content (AvgIpc) is 2.67. The quantitative estimate of drug-likeness (QED) is 0.828. The molecule has 3 rings (SSSR count). The fourth-order valence-electron chi connectivity index (χ4n) is 3.20. The molecule has 7 nitrogen and oxygen atoms in total. The van der Waals surface area contributed by atoms with E-state index in [1.807, 2.05) is 19.9 Å². The van der Waals surface area contributed by atoms with Crippen LogP contribution in [0.4, 0.5) is 5.69 Å². The molecule has 2 aromatic rings. The molecule has 150 valence electrons. The van der Waals surface area contributed by atoms with Crippen LogP contribution in [0, 0.1) is 0 Å². The molecule has 0 aromatic heterocycles. The highest BCUT2D eigenvalue weighted by atomic mass is 32.2. The summed E-state index contributed by atoms with van der Waals surface area (Å²) in [5, 5.41) is 2.77. The van der Waals surface area contributed by atoms with E-state index in [1.54, 1.807) is 18.2 Å². The number of nitrogens with one attached hydrogen (secondary N) is 1. The largest absolute Gasteiger partial charge is 0.495 e. The average molecular weight is 404 g/mol. The molecule has 0 spiro atoms. The van der Waals surface area contributed by atoms with Gasteiger partial charge in [0, 0.05) is 18.7 Å². The number of hydrogen-bond acceptors (Lipinski definition) is 5. The first-order valence-corrected chi connectivity index (χ1v) is 10.5. The number of carbonyl (C=O) groups is 1. The first kappa shape index (κ1) is 20.3. The normalized spacial score (nSPS) is 20.5. The Morgan fingerprint density at radius 2 is 1.68 bits per heavy atom. The molecular weight excluding hydrogens is 380 g/mol. The Bertz CT molecular complexity index is 933. The maximum absolute atomic E-state index is 12.9. The van der Waals surface area contributed by atoms with Crippen molar-refractivity contribution >= 4 is 21.6 Å². The molecule has 0 bridgehead atoms. The number of hydrogen-bond donors (Lipinski definition) is 1. The van der Waals surface area contributed by atoms with E-state index < -0.39 is 10.0 Å². The van der Waals surface area contributed by atoms with Crippen LogP contribution in [0.3, 0.4) is 0 Å². The molecule has 1 saturated heterocycles. The lowest BCUT2D eigenvalue weighted by molar-refractivity contribution is -0.0440. The van der Waals surface area contributed by atoms with Crippen LogP contribution in [0.1, 0.15) is 24.2 Å². The monoisotopic (exact) mass is 404 g/mol. The van der Waals surface area contributed by atoms with E-state index in [0.717, 1.165) is 0 Å². The van der Waals surface area contributed by atoms with Crippen LogP contribution < -0.4 is 10.1 Å². The van der Waals surface area contributed by atoms with E-state index in [-0.39, 0.29) is 23.0 Å². The number of sulfonamides is 1. The van der Waals surface area contributed by atoms with Crippen molar-refractivity contribution < 1.29 is 22.7 Å². The van der Waals surface area contributed by atoms with Crippen molar-refractivity contribution in [2.24, 2.45) is 0 Å². The predicted octanol–water partition coefficient (Wildman–Crippen LogP) is 2.75. The zero-order valence-corrected chi connectivity index (χ0v) is 16.9. The van der Waals surface area contributed by atoms with Crippen molar-refractivity contribution in [3.05, 3.63) is 54.1 Å². The second-order valence-corrected chi connectivity index (χ2v) is 8.70. The van der Waals surface area contributed by atoms with Gasteiger partial charge in [0.2, 0.25) is 10.0 Å². The third-order valence-corrected chi connectivity index (χ3v) is 6.34. The van der Waals surface area contributed by atoms with Gasteiger partial charge in [-0.25, -0.2) is 8.42 Å². The molecule has 1 N–H and O–H groups in total. The molecule has 28 heavy (non-hydrogen) atoms. The summed E-state index contributed by atoms with van der Waals surface area (Å²) in [4.78, 5) is 12.6. The van der Waals surface area contributed by atoms with Crippen molar-refractivity contribution in [3.63, 3.8) is 0 Å². The van der Waals surface area contributed by atoms with Gasteiger partial charge in [-0.2, -0.15) is 4.31 Å². The first-order chi connectivity index (χ1) is 13.3. The Labute approximate surface area is 165 Å². The van der Waals surface area contributed by atoms with Crippen LogP contribution in [0.2, 0.25) is 0 Å². The van der Waals surface area contributed by atoms with E-state index in [4.69, 9.17) is 9.47 Å². The van der Waals surface area contributed by atoms with Gasteiger partial charge in [0.1, 0.15) is 5.75 Å². The Morgan fingerprint density at radius 1 is 1.07 bits per heavy atom. The summed E-state index contributed by atoms with van der Waals surface area (Å²) in [5.74, 6) is 0.202. The summed E-state index contributed by atoms with van der Waals surface area (Å²) in [6.07, 6.45) is -0.325. The number of para-hydroxylation sites is 2. The van der Waals surface area contributed by atoms with Crippen LogP contribution in [-0.2, 0) is 14.8 Å². The van der Waals surface area contributed by atoms with E-state index >= 15 is 0 Å². The number of ether oxygens (including phenoxy) is 2. The van der Waals surface area contributed by atoms with Gasteiger partial charge >= 0.3 is 0 Å². The molecule has 0 unspecified atom stereocenters. The standard InChI is InChI=1S/C20H24N2O5S/c1-14-12-22(13-15(2)27-14)28(24,25)17-10-8-16(9-11-17)20(23)21-18-6-4-5-7-19(18)26-3/h4-11,14-15H,12-13H2,1-3H3,(H,21,23)/t14-,15-/m1/s1. The van der Waals surface area contributed by atoms with Gasteiger partial charge in [0.25, 0.3) is 5.91 Å². The Hall–Kier alpha value is -2.42. The molecule has 1 aliphatic rings. The number of anilines is 1. The van der Waals surface area contributed by atoms with Crippen molar-refractivity contribution in [1.29, 1.82) is 0 Å². The molecule has 0 radical (unpaired) electrons. The minimum atomic E-state index is -3.64. The Morgan fingerprint density at radius 3 is 2.29 bits per heavy atom. The summed E-state index contributed by atoms with van der Waals surface area (Å²) in [7, 11) is -2.11. The van der Waals surface area contributed by atoms with Crippen molar-refractivity contribution in [2.45, 2.75) is 31.0 Å². The lowest BCUT2D eigenvalue weighted by atomic mass is 10.2. The highest BCUT2D eigenvalue weighted by Gasteiger charge is 2.32. The van der Waals surface area contributed by atoms with E-state index in [1.165, 1.54) is 35.7 Å².